The van der Waals surface area contributed by atoms with Crippen LogP contribution in [-0.4, -0.2) is 16.7 Å². The second-order valence-electron chi connectivity index (χ2n) is 5.24. The summed E-state index contributed by atoms with van der Waals surface area (Å²) in [6, 6.07) is 21.5. The van der Waals surface area contributed by atoms with Gasteiger partial charge in [0.25, 0.3) is 0 Å². The number of nitrogens with one attached hydrogen (secondary N) is 1. The molecule has 0 unspecified atom stereocenters. The molecule has 3 aromatic rings. The fraction of sp³-hybridized carbons (Fsp3) is 0.0526. The second-order valence-corrected chi connectivity index (χ2v) is 6.15. The van der Waals surface area contributed by atoms with Gasteiger partial charge in [0.05, 0.1) is 18.3 Å². The zero-order valence-electron chi connectivity index (χ0n) is 12.9. The molecule has 0 saturated heterocycles. The predicted octanol–water partition coefficient (Wildman–Crippen LogP) is 3.93. The van der Waals surface area contributed by atoms with Crippen molar-refractivity contribution in [1.82, 2.24) is 9.99 Å². The average molecular weight is 382 g/mol. The molecule has 0 bridgehead atoms. The smallest absolute Gasteiger partial charge is 0.244 e. The van der Waals surface area contributed by atoms with Gasteiger partial charge in [-0.1, -0.05) is 46.3 Å². The lowest BCUT2D eigenvalue weighted by atomic mass is 10.1. The van der Waals surface area contributed by atoms with Crippen molar-refractivity contribution < 1.29 is 4.79 Å². The van der Waals surface area contributed by atoms with E-state index in [0.717, 1.165) is 21.4 Å². The van der Waals surface area contributed by atoms with Crippen molar-refractivity contribution >= 4 is 28.1 Å². The molecule has 0 fully saturated rings. The van der Waals surface area contributed by atoms with Crippen LogP contribution in [0.15, 0.2) is 82.5 Å². The quantitative estimate of drug-likeness (QED) is 0.528. The summed E-state index contributed by atoms with van der Waals surface area (Å²) in [7, 11) is 0. The van der Waals surface area contributed by atoms with Crippen LogP contribution in [-0.2, 0) is 11.2 Å². The lowest BCUT2D eigenvalue weighted by Crippen LogP contribution is -2.19. The van der Waals surface area contributed by atoms with E-state index < -0.39 is 0 Å². The Kier molecular flexibility index (Phi) is 5.23. The van der Waals surface area contributed by atoms with E-state index in [4.69, 9.17) is 0 Å². The summed E-state index contributed by atoms with van der Waals surface area (Å²) in [4.78, 5) is 11.9. The molecular weight excluding hydrogens is 366 g/mol. The third kappa shape index (κ3) is 4.20. The first-order chi connectivity index (χ1) is 11.7. The highest BCUT2D eigenvalue weighted by Gasteiger charge is 2.03. The first-order valence-electron chi connectivity index (χ1n) is 7.51. The number of hydrogen-bond acceptors (Lipinski definition) is 2. The molecule has 1 heterocycles. The van der Waals surface area contributed by atoms with Crippen molar-refractivity contribution in [3.8, 4) is 5.69 Å². The fourth-order valence-corrected chi connectivity index (χ4v) is 2.59. The number of carbonyl (C=O) groups is 1. The number of hydrazone groups is 1. The van der Waals surface area contributed by atoms with Gasteiger partial charge in [-0.05, 0) is 42.0 Å². The van der Waals surface area contributed by atoms with Crippen molar-refractivity contribution in [3.63, 3.8) is 0 Å². The van der Waals surface area contributed by atoms with Crippen LogP contribution in [0.4, 0.5) is 0 Å². The van der Waals surface area contributed by atoms with Gasteiger partial charge in [-0.3, -0.25) is 4.79 Å². The minimum Gasteiger partial charge on any atom is -0.316 e. The van der Waals surface area contributed by atoms with E-state index in [1.54, 1.807) is 6.21 Å². The number of aromatic nitrogens is 1. The zero-order valence-corrected chi connectivity index (χ0v) is 14.5. The molecule has 0 aliphatic rings. The third-order valence-electron chi connectivity index (χ3n) is 3.48. The SMILES string of the molecule is O=C(Cc1ccccc1)NN=Cc1cccn1-c1ccc(Br)cc1. The number of amides is 1. The highest BCUT2D eigenvalue weighted by atomic mass is 79.9. The molecule has 2 aromatic carbocycles. The Bertz CT molecular complexity index is 839. The highest BCUT2D eigenvalue weighted by Crippen LogP contribution is 2.15. The number of nitrogens with zero attached hydrogens (tertiary/aromatic N) is 2. The highest BCUT2D eigenvalue weighted by molar-refractivity contribution is 9.10. The summed E-state index contributed by atoms with van der Waals surface area (Å²) in [5.41, 5.74) is 5.44. The number of benzene rings is 2. The van der Waals surface area contributed by atoms with Crippen molar-refractivity contribution in [3.05, 3.63) is 88.7 Å². The molecule has 120 valence electrons. The maximum Gasteiger partial charge on any atom is 0.244 e. The minimum atomic E-state index is -0.140. The number of carbonyl (C=O) groups excluding carboxylic acids is 1. The largest absolute Gasteiger partial charge is 0.316 e. The topological polar surface area (TPSA) is 46.4 Å². The summed E-state index contributed by atoms with van der Waals surface area (Å²) in [6.07, 6.45) is 3.91. The van der Waals surface area contributed by atoms with Crippen molar-refractivity contribution in [2.75, 3.05) is 0 Å². The lowest BCUT2D eigenvalue weighted by Gasteiger charge is -2.06. The Hall–Kier alpha value is -2.66. The molecule has 1 aromatic heterocycles. The molecule has 0 atom stereocenters. The molecule has 0 radical (unpaired) electrons. The van der Waals surface area contributed by atoms with E-state index in [2.05, 4.69) is 26.5 Å². The second kappa shape index (κ2) is 7.75. The Morgan fingerprint density at radius 3 is 2.54 bits per heavy atom. The maximum absolute atomic E-state index is 11.9. The Morgan fingerprint density at radius 2 is 1.79 bits per heavy atom. The number of hydrogen-bond donors (Lipinski definition) is 1. The Morgan fingerprint density at radius 1 is 1.04 bits per heavy atom. The number of rotatable bonds is 5. The summed E-state index contributed by atoms with van der Waals surface area (Å²) in [5, 5.41) is 4.06. The van der Waals surface area contributed by atoms with Crippen LogP contribution in [0.3, 0.4) is 0 Å². The molecule has 0 spiro atoms. The van der Waals surface area contributed by atoms with E-state index in [1.807, 2.05) is 77.5 Å². The van der Waals surface area contributed by atoms with Gasteiger partial charge >= 0.3 is 0 Å². The van der Waals surface area contributed by atoms with Crippen LogP contribution in [0.1, 0.15) is 11.3 Å². The summed E-state index contributed by atoms with van der Waals surface area (Å²) < 4.78 is 3.03. The monoisotopic (exact) mass is 381 g/mol. The van der Waals surface area contributed by atoms with Crippen LogP contribution >= 0.6 is 15.9 Å². The summed E-state index contributed by atoms with van der Waals surface area (Å²) >= 11 is 3.43. The molecule has 3 rings (SSSR count). The molecular formula is C19H16BrN3O. The first-order valence-corrected chi connectivity index (χ1v) is 8.31. The fourth-order valence-electron chi connectivity index (χ4n) is 2.33. The van der Waals surface area contributed by atoms with Crippen LogP contribution in [0.5, 0.6) is 0 Å². The molecule has 4 nitrogen and oxygen atoms in total. The van der Waals surface area contributed by atoms with Crippen LogP contribution < -0.4 is 5.43 Å². The van der Waals surface area contributed by atoms with Crippen LogP contribution in [0.25, 0.3) is 5.69 Å². The van der Waals surface area contributed by atoms with E-state index >= 15 is 0 Å². The summed E-state index contributed by atoms with van der Waals surface area (Å²) in [5.74, 6) is -0.140. The first kappa shape index (κ1) is 16.2. The van der Waals surface area contributed by atoms with Gasteiger partial charge in [0, 0.05) is 16.4 Å². The predicted molar refractivity (Wildman–Crippen MR) is 99.4 cm³/mol. The van der Waals surface area contributed by atoms with Gasteiger partial charge < -0.3 is 4.57 Å². The zero-order chi connectivity index (χ0) is 16.8. The van der Waals surface area contributed by atoms with Gasteiger partial charge in [-0.15, -0.1) is 0 Å². The molecule has 0 aliphatic carbocycles. The third-order valence-corrected chi connectivity index (χ3v) is 4.01. The molecule has 5 heteroatoms. The van der Waals surface area contributed by atoms with Gasteiger partial charge in [0.2, 0.25) is 5.91 Å². The van der Waals surface area contributed by atoms with Gasteiger partial charge in [-0.25, -0.2) is 5.43 Å². The van der Waals surface area contributed by atoms with E-state index in [-0.39, 0.29) is 5.91 Å². The van der Waals surface area contributed by atoms with Crippen molar-refractivity contribution in [1.29, 1.82) is 0 Å². The number of halogens is 1. The normalized spacial score (nSPS) is 10.9. The van der Waals surface area contributed by atoms with E-state index in [0.29, 0.717) is 6.42 Å². The van der Waals surface area contributed by atoms with Gasteiger partial charge in [0.15, 0.2) is 0 Å². The molecule has 1 amide bonds. The van der Waals surface area contributed by atoms with Crippen molar-refractivity contribution in [2.45, 2.75) is 6.42 Å². The maximum atomic E-state index is 11.9. The van der Waals surface area contributed by atoms with Gasteiger partial charge in [0.1, 0.15) is 0 Å². The molecule has 1 N–H and O–H groups in total. The average Bonchev–Trinajstić information content (AvgIpc) is 3.05. The molecule has 0 saturated carbocycles. The van der Waals surface area contributed by atoms with E-state index in [9.17, 15) is 4.79 Å². The summed E-state index contributed by atoms with van der Waals surface area (Å²) in [6.45, 7) is 0. The van der Waals surface area contributed by atoms with Crippen molar-refractivity contribution in [2.24, 2.45) is 5.10 Å². The molecule has 24 heavy (non-hydrogen) atoms. The minimum absolute atomic E-state index is 0.140. The lowest BCUT2D eigenvalue weighted by molar-refractivity contribution is -0.120. The molecule has 0 aliphatic heterocycles. The van der Waals surface area contributed by atoms with Crippen LogP contribution in [0, 0.1) is 0 Å². The Balaban J connectivity index is 1.64. The standard InChI is InChI=1S/C19H16BrN3O/c20-16-8-10-17(11-9-16)23-12-4-7-18(23)14-21-22-19(24)13-15-5-2-1-3-6-15/h1-12,14H,13H2,(H,22,24). The van der Waals surface area contributed by atoms with Crippen LogP contribution in [0.2, 0.25) is 0 Å². The Labute approximate surface area is 149 Å². The van der Waals surface area contributed by atoms with E-state index in [1.165, 1.54) is 0 Å². The van der Waals surface area contributed by atoms with Gasteiger partial charge in [-0.2, -0.15) is 5.10 Å².